The van der Waals surface area contributed by atoms with Crippen molar-refractivity contribution in [2.75, 3.05) is 6.54 Å². The van der Waals surface area contributed by atoms with Crippen LogP contribution >= 0.6 is 0 Å². The summed E-state index contributed by atoms with van der Waals surface area (Å²) in [6.45, 7) is 4.55. The Balaban J connectivity index is 1.92. The first-order valence-corrected chi connectivity index (χ1v) is 7.25. The highest BCUT2D eigenvalue weighted by Crippen LogP contribution is 2.56. The second-order valence-electron chi connectivity index (χ2n) is 5.91. The number of benzene rings is 1. The number of amides is 1. The lowest BCUT2D eigenvalue weighted by Gasteiger charge is -2.59. The number of likely N-dealkylation sites (tertiary alicyclic amines) is 1. The molecule has 1 saturated carbocycles. The fraction of sp³-hybridized carbons (Fsp3) is 0.471. The molecule has 3 rings (SSSR count). The first-order valence-electron chi connectivity index (χ1n) is 7.25. The first-order chi connectivity index (χ1) is 9.27. The summed E-state index contributed by atoms with van der Waals surface area (Å²) in [7, 11) is 0. The third kappa shape index (κ3) is 1.99. The van der Waals surface area contributed by atoms with Gasteiger partial charge in [-0.3, -0.25) is 4.79 Å². The van der Waals surface area contributed by atoms with Crippen molar-refractivity contribution in [2.24, 2.45) is 5.41 Å². The van der Waals surface area contributed by atoms with Gasteiger partial charge in [-0.25, -0.2) is 0 Å². The van der Waals surface area contributed by atoms with E-state index >= 15 is 0 Å². The molecule has 2 heteroatoms. The first kappa shape index (κ1) is 12.5. The highest BCUT2D eigenvalue weighted by molar-refractivity contribution is 5.88. The summed E-state index contributed by atoms with van der Waals surface area (Å²) in [4.78, 5) is 14.0. The van der Waals surface area contributed by atoms with Crippen molar-refractivity contribution in [1.29, 1.82) is 0 Å². The molecule has 2 nitrogen and oxygen atoms in total. The molecule has 1 spiro atoms. The number of rotatable bonds is 2. The van der Waals surface area contributed by atoms with Crippen LogP contribution in [0.3, 0.4) is 0 Å². The SMILES string of the molecule is C=CC(=O)N1CC2(CCCCC2)C1c1ccccc1. The van der Waals surface area contributed by atoms with Gasteiger partial charge >= 0.3 is 0 Å². The van der Waals surface area contributed by atoms with Gasteiger partial charge in [-0.1, -0.05) is 56.2 Å². The largest absolute Gasteiger partial charge is 0.331 e. The molecular weight excluding hydrogens is 234 g/mol. The standard InChI is InChI=1S/C17H21NO/c1-2-15(19)18-13-17(11-7-4-8-12-17)16(18)14-9-5-3-6-10-14/h2-3,5-6,9-10,16H,1,4,7-8,11-13H2. The Morgan fingerprint density at radius 3 is 2.53 bits per heavy atom. The Hall–Kier alpha value is -1.57. The molecule has 1 aromatic carbocycles. The maximum Gasteiger partial charge on any atom is 0.246 e. The molecular formula is C17H21NO. The summed E-state index contributed by atoms with van der Waals surface area (Å²) >= 11 is 0. The molecule has 0 bridgehead atoms. The minimum absolute atomic E-state index is 0.0741. The molecule has 1 heterocycles. The summed E-state index contributed by atoms with van der Waals surface area (Å²) < 4.78 is 0. The van der Waals surface area contributed by atoms with Crippen LogP contribution in [0.5, 0.6) is 0 Å². The molecule has 1 saturated heterocycles. The molecule has 0 aromatic heterocycles. The van der Waals surface area contributed by atoms with E-state index in [9.17, 15) is 4.79 Å². The van der Waals surface area contributed by atoms with Crippen LogP contribution in [0, 0.1) is 5.41 Å². The van der Waals surface area contributed by atoms with Crippen LogP contribution in [0.4, 0.5) is 0 Å². The van der Waals surface area contributed by atoms with Gasteiger partial charge in [-0.15, -0.1) is 0 Å². The van der Waals surface area contributed by atoms with Gasteiger partial charge < -0.3 is 4.90 Å². The van der Waals surface area contributed by atoms with Gasteiger partial charge in [0, 0.05) is 12.0 Å². The van der Waals surface area contributed by atoms with Crippen molar-refractivity contribution in [3.8, 4) is 0 Å². The van der Waals surface area contributed by atoms with Crippen LogP contribution in [-0.2, 0) is 4.79 Å². The second kappa shape index (κ2) is 4.84. The normalized spacial score (nSPS) is 24.8. The lowest BCUT2D eigenvalue weighted by Crippen LogP contribution is -2.60. The molecule has 1 aliphatic carbocycles. The molecule has 1 aliphatic heterocycles. The average molecular weight is 255 g/mol. The zero-order valence-electron chi connectivity index (χ0n) is 11.3. The van der Waals surface area contributed by atoms with Crippen LogP contribution < -0.4 is 0 Å². The number of carbonyl (C=O) groups is 1. The van der Waals surface area contributed by atoms with E-state index in [0.29, 0.717) is 5.41 Å². The quantitative estimate of drug-likeness (QED) is 0.738. The highest BCUT2D eigenvalue weighted by atomic mass is 16.2. The third-order valence-electron chi connectivity index (χ3n) is 4.80. The van der Waals surface area contributed by atoms with E-state index in [0.717, 1.165) is 6.54 Å². The van der Waals surface area contributed by atoms with Crippen LogP contribution in [-0.4, -0.2) is 17.4 Å². The summed E-state index contributed by atoms with van der Waals surface area (Å²) in [5.41, 5.74) is 1.61. The zero-order valence-corrected chi connectivity index (χ0v) is 11.3. The predicted octanol–water partition coefficient (Wildman–Crippen LogP) is 3.71. The minimum Gasteiger partial charge on any atom is -0.331 e. The Kier molecular flexibility index (Phi) is 3.17. The van der Waals surface area contributed by atoms with Gasteiger partial charge in [0.15, 0.2) is 0 Å². The maximum absolute atomic E-state index is 12.0. The van der Waals surface area contributed by atoms with Crippen molar-refractivity contribution in [2.45, 2.75) is 38.1 Å². The summed E-state index contributed by atoms with van der Waals surface area (Å²) in [5.74, 6) is 0.0741. The zero-order chi connectivity index (χ0) is 13.3. The number of hydrogen-bond donors (Lipinski definition) is 0. The Morgan fingerprint density at radius 2 is 1.89 bits per heavy atom. The topological polar surface area (TPSA) is 20.3 Å². The number of nitrogens with zero attached hydrogens (tertiary/aromatic N) is 1. The van der Waals surface area contributed by atoms with E-state index in [-0.39, 0.29) is 11.9 Å². The molecule has 1 aromatic rings. The molecule has 2 fully saturated rings. The van der Waals surface area contributed by atoms with Crippen molar-refractivity contribution < 1.29 is 4.79 Å². The Morgan fingerprint density at radius 1 is 1.21 bits per heavy atom. The van der Waals surface area contributed by atoms with Crippen LogP contribution in [0.1, 0.15) is 43.7 Å². The fourth-order valence-electron chi connectivity index (χ4n) is 3.91. The predicted molar refractivity (Wildman–Crippen MR) is 76.6 cm³/mol. The summed E-state index contributed by atoms with van der Waals surface area (Å²) in [5, 5.41) is 0. The van der Waals surface area contributed by atoms with Crippen molar-refractivity contribution >= 4 is 5.91 Å². The van der Waals surface area contributed by atoms with Crippen LogP contribution in [0.25, 0.3) is 0 Å². The van der Waals surface area contributed by atoms with Crippen molar-refractivity contribution in [3.05, 3.63) is 48.6 Å². The lowest BCUT2D eigenvalue weighted by atomic mass is 9.61. The van der Waals surface area contributed by atoms with E-state index in [1.807, 2.05) is 11.0 Å². The highest BCUT2D eigenvalue weighted by Gasteiger charge is 2.54. The molecule has 1 amide bonds. The average Bonchev–Trinajstić information content (AvgIpc) is 2.46. The maximum atomic E-state index is 12.0. The van der Waals surface area contributed by atoms with Gasteiger partial charge in [0.25, 0.3) is 0 Å². The molecule has 1 atom stereocenters. The molecule has 2 aliphatic rings. The van der Waals surface area contributed by atoms with Gasteiger partial charge in [-0.05, 0) is 24.5 Å². The van der Waals surface area contributed by atoms with Crippen molar-refractivity contribution in [1.82, 2.24) is 4.90 Å². The van der Waals surface area contributed by atoms with Crippen molar-refractivity contribution in [3.63, 3.8) is 0 Å². The van der Waals surface area contributed by atoms with E-state index < -0.39 is 0 Å². The monoisotopic (exact) mass is 255 g/mol. The summed E-state index contributed by atoms with van der Waals surface area (Å²) in [6, 6.07) is 10.8. The Bertz CT molecular complexity index is 473. The third-order valence-corrected chi connectivity index (χ3v) is 4.80. The molecule has 0 N–H and O–H groups in total. The van der Waals surface area contributed by atoms with E-state index in [2.05, 4.69) is 30.8 Å². The molecule has 0 radical (unpaired) electrons. The van der Waals surface area contributed by atoms with Gasteiger partial charge in [-0.2, -0.15) is 0 Å². The van der Waals surface area contributed by atoms with Crippen LogP contribution in [0.2, 0.25) is 0 Å². The number of carbonyl (C=O) groups excluding carboxylic acids is 1. The number of hydrogen-bond acceptors (Lipinski definition) is 1. The van der Waals surface area contributed by atoms with E-state index in [4.69, 9.17) is 0 Å². The fourth-order valence-corrected chi connectivity index (χ4v) is 3.91. The molecule has 1 unspecified atom stereocenters. The smallest absolute Gasteiger partial charge is 0.246 e. The molecule has 100 valence electrons. The minimum atomic E-state index is 0.0741. The van der Waals surface area contributed by atoms with Gasteiger partial charge in [0.2, 0.25) is 5.91 Å². The van der Waals surface area contributed by atoms with E-state index in [1.54, 1.807) is 0 Å². The van der Waals surface area contributed by atoms with Gasteiger partial charge in [0.05, 0.1) is 6.04 Å². The second-order valence-corrected chi connectivity index (χ2v) is 5.91. The van der Waals surface area contributed by atoms with Crippen LogP contribution in [0.15, 0.2) is 43.0 Å². The lowest BCUT2D eigenvalue weighted by molar-refractivity contribution is -0.155. The van der Waals surface area contributed by atoms with Gasteiger partial charge in [0.1, 0.15) is 0 Å². The summed E-state index contributed by atoms with van der Waals surface area (Å²) in [6.07, 6.45) is 7.92. The molecule has 19 heavy (non-hydrogen) atoms. The Labute approximate surface area is 115 Å². The van der Waals surface area contributed by atoms with E-state index in [1.165, 1.54) is 43.7 Å².